The first-order valence-electron chi connectivity index (χ1n) is 5.24. The van der Waals surface area contributed by atoms with Crippen LogP contribution in [-0.4, -0.2) is 12.5 Å². The number of fused-ring (bicyclic) bond motifs is 1. The Morgan fingerprint density at radius 2 is 1.22 bits per heavy atom. The van der Waals surface area contributed by atoms with Crippen LogP contribution in [0.1, 0.15) is 11.1 Å². The predicted molar refractivity (Wildman–Crippen MR) is 76.9 cm³/mol. The molecule has 0 saturated heterocycles. The lowest BCUT2D eigenvalue weighted by Crippen LogP contribution is -1.88. The molecule has 0 bridgehead atoms. The predicted octanol–water partition coefficient (Wildman–Crippen LogP) is 4.03. The molecule has 0 aliphatic carbocycles. The Kier molecular flexibility index (Phi) is 3.81. The monoisotopic (exact) mass is 270 g/mol. The highest BCUT2D eigenvalue weighted by atomic mass is 32.2. The molecule has 2 aromatic carbocycles. The van der Waals surface area contributed by atoms with Crippen molar-refractivity contribution in [2.24, 2.45) is 0 Å². The number of nitrogens with zero attached hydrogens (tertiary/aromatic N) is 2. The molecule has 0 amide bonds. The second-order valence-electron chi connectivity index (χ2n) is 3.64. The molecule has 0 aliphatic heterocycles. The first kappa shape index (κ1) is 12.8. The smallest absolute Gasteiger partial charge is 0.101 e. The summed E-state index contributed by atoms with van der Waals surface area (Å²) in [5.74, 6) is 0. The average molecular weight is 270 g/mol. The third kappa shape index (κ3) is 2.06. The van der Waals surface area contributed by atoms with Gasteiger partial charge in [0.05, 0.1) is 11.1 Å². The van der Waals surface area contributed by atoms with Crippen LogP contribution >= 0.6 is 23.5 Å². The van der Waals surface area contributed by atoms with E-state index in [1.54, 1.807) is 23.5 Å². The molecule has 18 heavy (non-hydrogen) atoms. The molecule has 2 aromatic rings. The van der Waals surface area contributed by atoms with Gasteiger partial charge in [0.2, 0.25) is 0 Å². The van der Waals surface area contributed by atoms with Gasteiger partial charge in [-0.15, -0.1) is 23.5 Å². The maximum atomic E-state index is 9.09. The Labute approximate surface area is 115 Å². The molecule has 0 fully saturated rings. The minimum atomic E-state index is 0.443. The topological polar surface area (TPSA) is 47.6 Å². The minimum absolute atomic E-state index is 0.443. The Morgan fingerprint density at radius 3 is 1.50 bits per heavy atom. The van der Waals surface area contributed by atoms with Crippen LogP contribution in [0.15, 0.2) is 34.1 Å². The lowest BCUT2D eigenvalue weighted by molar-refractivity contribution is 1.40. The summed E-state index contributed by atoms with van der Waals surface area (Å²) in [6.07, 6.45) is 4.02. The highest BCUT2D eigenvalue weighted by molar-refractivity contribution is 7.99. The van der Waals surface area contributed by atoms with Crippen LogP contribution in [0.25, 0.3) is 10.8 Å². The molecule has 2 rings (SSSR count). The van der Waals surface area contributed by atoms with E-state index in [2.05, 4.69) is 24.3 Å². The van der Waals surface area contributed by atoms with Crippen molar-refractivity contribution in [1.29, 1.82) is 10.5 Å². The summed E-state index contributed by atoms with van der Waals surface area (Å²) in [6, 6.07) is 11.9. The normalized spacial score (nSPS) is 10.0. The van der Waals surface area contributed by atoms with Crippen LogP contribution in [0.4, 0.5) is 0 Å². The second-order valence-corrected chi connectivity index (χ2v) is 5.33. The van der Waals surface area contributed by atoms with Crippen molar-refractivity contribution >= 4 is 34.3 Å². The van der Waals surface area contributed by atoms with Gasteiger partial charge in [-0.05, 0) is 47.5 Å². The fourth-order valence-corrected chi connectivity index (χ4v) is 3.07. The van der Waals surface area contributed by atoms with Crippen molar-refractivity contribution in [2.75, 3.05) is 12.5 Å². The van der Waals surface area contributed by atoms with Gasteiger partial charge >= 0.3 is 0 Å². The van der Waals surface area contributed by atoms with Crippen molar-refractivity contribution in [3.05, 3.63) is 35.4 Å². The number of benzene rings is 2. The van der Waals surface area contributed by atoms with Crippen LogP contribution in [0, 0.1) is 22.7 Å². The van der Waals surface area contributed by atoms with E-state index in [1.807, 2.05) is 24.6 Å². The van der Waals surface area contributed by atoms with E-state index in [-0.39, 0.29) is 0 Å². The Morgan fingerprint density at radius 1 is 0.833 bits per heavy atom. The van der Waals surface area contributed by atoms with Crippen LogP contribution < -0.4 is 0 Å². The molecule has 88 valence electrons. The van der Waals surface area contributed by atoms with E-state index in [0.29, 0.717) is 11.1 Å². The van der Waals surface area contributed by atoms with E-state index >= 15 is 0 Å². The van der Waals surface area contributed by atoms with E-state index in [1.165, 1.54) is 0 Å². The summed E-state index contributed by atoms with van der Waals surface area (Å²) in [5, 5.41) is 20.3. The first-order chi connectivity index (χ1) is 8.74. The molecule has 0 N–H and O–H groups in total. The number of hydrogen-bond donors (Lipinski definition) is 0. The average Bonchev–Trinajstić information content (AvgIpc) is 2.44. The SMILES string of the molecule is CSc1ccc(SC)c2cc(C#N)c(C#N)cc12. The van der Waals surface area contributed by atoms with Gasteiger partial charge in [0, 0.05) is 9.79 Å². The van der Waals surface area contributed by atoms with Crippen LogP contribution in [-0.2, 0) is 0 Å². The largest absolute Gasteiger partial charge is 0.192 e. The van der Waals surface area contributed by atoms with Gasteiger partial charge in [0.15, 0.2) is 0 Å². The zero-order valence-electron chi connectivity index (χ0n) is 10.0. The quantitative estimate of drug-likeness (QED) is 0.773. The lowest BCUT2D eigenvalue weighted by Gasteiger charge is -2.09. The van der Waals surface area contributed by atoms with Gasteiger partial charge in [-0.25, -0.2) is 0 Å². The second kappa shape index (κ2) is 5.35. The summed E-state index contributed by atoms with van der Waals surface area (Å²) in [7, 11) is 0. The van der Waals surface area contributed by atoms with Crippen LogP contribution in [0.2, 0.25) is 0 Å². The molecule has 4 heteroatoms. The van der Waals surface area contributed by atoms with E-state index in [4.69, 9.17) is 10.5 Å². The highest BCUT2D eigenvalue weighted by Crippen LogP contribution is 2.34. The molecule has 0 radical (unpaired) electrons. The maximum Gasteiger partial charge on any atom is 0.101 e. The fraction of sp³-hybridized carbons (Fsp3) is 0.143. The Bertz CT molecular complexity index is 633. The van der Waals surface area contributed by atoms with Crippen LogP contribution in [0.3, 0.4) is 0 Å². The first-order valence-corrected chi connectivity index (χ1v) is 7.69. The Balaban J connectivity index is 2.91. The third-order valence-corrected chi connectivity index (χ3v) is 4.35. The summed E-state index contributed by atoms with van der Waals surface area (Å²) in [4.78, 5) is 2.26. The number of hydrogen-bond acceptors (Lipinski definition) is 4. The Hall–Kier alpha value is -1.62. The van der Waals surface area contributed by atoms with E-state index in [0.717, 1.165) is 20.6 Å². The number of nitriles is 2. The molecule has 0 atom stereocenters. The van der Waals surface area contributed by atoms with Crippen molar-refractivity contribution < 1.29 is 0 Å². The molecule has 0 saturated carbocycles. The molecule has 0 unspecified atom stereocenters. The van der Waals surface area contributed by atoms with Gasteiger partial charge in [-0.1, -0.05) is 0 Å². The van der Waals surface area contributed by atoms with Gasteiger partial charge in [0.25, 0.3) is 0 Å². The lowest BCUT2D eigenvalue weighted by atomic mass is 10.0. The fourth-order valence-electron chi connectivity index (χ4n) is 1.88. The molecule has 0 spiro atoms. The molecule has 0 heterocycles. The summed E-state index contributed by atoms with van der Waals surface area (Å²) in [5.41, 5.74) is 0.886. The van der Waals surface area contributed by atoms with Crippen LogP contribution in [0.5, 0.6) is 0 Å². The standard InChI is InChI=1S/C14H10N2S2/c1-17-13-3-4-14(18-2)12-6-10(8-16)9(7-15)5-11(12)13/h3-6H,1-2H3. The zero-order chi connectivity index (χ0) is 13.1. The molecule has 0 aromatic heterocycles. The summed E-state index contributed by atoms with van der Waals surface area (Å²) >= 11 is 3.30. The number of rotatable bonds is 2. The van der Waals surface area contributed by atoms with Gasteiger partial charge < -0.3 is 0 Å². The van der Waals surface area contributed by atoms with Crippen molar-refractivity contribution in [3.63, 3.8) is 0 Å². The molecular weight excluding hydrogens is 260 g/mol. The van der Waals surface area contributed by atoms with E-state index < -0.39 is 0 Å². The molecule has 2 nitrogen and oxygen atoms in total. The highest BCUT2D eigenvalue weighted by Gasteiger charge is 2.10. The van der Waals surface area contributed by atoms with Gasteiger partial charge in [-0.2, -0.15) is 10.5 Å². The number of thioether (sulfide) groups is 2. The van der Waals surface area contributed by atoms with Crippen molar-refractivity contribution in [2.45, 2.75) is 9.79 Å². The molecule has 0 aliphatic rings. The van der Waals surface area contributed by atoms with E-state index in [9.17, 15) is 0 Å². The van der Waals surface area contributed by atoms with Crippen molar-refractivity contribution in [3.8, 4) is 12.1 Å². The van der Waals surface area contributed by atoms with Gasteiger partial charge in [-0.3, -0.25) is 0 Å². The third-order valence-electron chi connectivity index (χ3n) is 2.76. The van der Waals surface area contributed by atoms with Crippen molar-refractivity contribution in [1.82, 2.24) is 0 Å². The zero-order valence-corrected chi connectivity index (χ0v) is 11.7. The summed E-state index contributed by atoms with van der Waals surface area (Å²) < 4.78 is 0. The molecular formula is C14H10N2S2. The summed E-state index contributed by atoms with van der Waals surface area (Å²) in [6.45, 7) is 0. The maximum absolute atomic E-state index is 9.09. The minimum Gasteiger partial charge on any atom is -0.192 e. The van der Waals surface area contributed by atoms with Gasteiger partial charge in [0.1, 0.15) is 12.1 Å².